The van der Waals surface area contributed by atoms with E-state index >= 15 is 0 Å². The Kier molecular flexibility index (Phi) is 7.05. The molecule has 8 rings (SSSR count). The van der Waals surface area contributed by atoms with Gasteiger partial charge in [0, 0.05) is 19.5 Å². The minimum absolute atomic E-state index is 0.0935. The Morgan fingerprint density at radius 1 is 0.638 bits per heavy atom. The van der Waals surface area contributed by atoms with Crippen LogP contribution in [0, 0.1) is 13.8 Å². The van der Waals surface area contributed by atoms with E-state index in [4.69, 9.17) is 0 Å². The Hall–Kier alpha value is -4.45. The van der Waals surface area contributed by atoms with Gasteiger partial charge in [-0.3, -0.25) is 9.59 Å². The molecule has 0 spiro atoms. The number of hydrogen-bond acceptors (Lipinski definition) is 5. The number of allylic oxidation sites excluding steroid dienone is 2. The van der Waals surface area contributed by atoms with Gasteiger partial charge < -0.3 is 0 Å². The fraction of sp³-hybridized carbons (Fsp3) is 0.214. The molecule has 3 aromatic heterocycles. The van der Waals surface area contributed by atoms with Crippen molar-refractivity contribution >= 4 is 78.7 Å². The lowest BCUT2D eigenvalue weighted by molar-refractivity contribution is 0.111. The molecule has 0 saturated heterocycles. The Morgan fingerprint density at radius 3 is 1.81 bits per heavy atom. The average molecular weight is 650 g/mol. The molecule has 1 aliphatic rings. The molecule has 0 unspecified atom stereocenters. The van der Waals surface area contributed by atoms with Crippen molar-refractivity contribution in [3.63, 3.8) is 0 Å². The Bertz CT molecular complexity index is 2390. The van der Waals surface area contributed by atoms with Crippen LogP contribution in [0.15, 0.2) is 72.8 Å². The summed E-state index contributed by atoms with van der Waals surface area (Å²) in [7, 11) is 0. The van der Waals surface area contributed by atoms with E-state index in [1.165, 1.54) is 80.3 Å². The molecule has 7 aromatic rings. The van der Waals surface area contributed by atoms with Crippen molar-refractivity contribution in [2.45, 2.75) is 59.3 Å². The standard InChI is InChI=1S/C42H35NO2S2/c1-23-36(19-38(46-23)28-17-30(21-44)43-31(18-28)22-45)32-7-6-8-33(32)37-20-39(47-24(37)2)34-13-11-25-9-10-26-15-29(42(3,4)5)16-27-12-14-35(34)41(25)40(26)27/h9-22H,6-8H2,1-5H3. The van der Waals surface area contributed by atoms with Crippen LogP contribution < -0.4 is 0 Å². The molecule has 0 N–H and O–H groups in total. The molecular weight excluding hydrogens is 615 g/mol. The van der Waals surface area contributed by atoms with E-state index in [-0.39, 0.29) is 16.8 Å². The minimum atomic E-state index is 0.0935. The van der Waals surface area contributed by atoms with Gasteiger partial charge in [0.15, 0.2) is 12.6 Å². The number of aromatic nitrogens is 1. The Morgan fingerprint density at radius 2 is 1.19 bits per heavy atom. The molecule has 3 nitrogen and oxygen atoms in total. The molecule has 232 valence electrons. The molecule has 0 aliphatic heterocycles. The van der Waals surface area contributed by atoms with Crippen molar-refractivity contribution in [1.29, 1.82) is 0 Å². The van der Waals surface area contributed by atoms with Crippen LogP contribution in [0.5, 0.6) is 0 Å². The number of hydrogen-bond donors (Lipinski definition) is 0. The first kappa shape index (κ1) is 29.9. The zero-order valence-electron chi connectivity index (χ0n) is 27.3. The number of nitrogens with zero attached hydrogens (tertiary/aromatic N) is 1. The van der Waals surface area contributed by atoms with Crippen LogP contribution >= 0.6 is 22.7 Å². The Labute approximate surface area is 282 Å². The van der Waals surface area contributed by atoms with Crippen LogP contribution in [-0.2, 0) is 5.41 Å². The molecule has 0 bridgehead atoms. The van der Waals surface area contributed by atoms with Crippen LogP contribution in [0.1, 0.15) is 87.5 Å². The summed E-state index contributed by atoms with van der Waals surface area (Å²) in [5, 5.41) is 7.96. The van der Waals surface area contributed by atoms with Crippen LogP contribution in [0.2, 0.25) is 0 Å². The first-order valence-electron chi connectivity index (χ1n) is 16.2. The van der Waals surface area contributed by atoms with E-state index < -0.39 is 0 Å². The third kappa shape index (κ3) is 4.95. The third-order valence-electron chi connectivity index (χ3n) is 9.83. The molecule has 0 atom stereocenters. The SMILES string of the molecule is Cc1sc(-c2cc(C=O)nc(C=O)c2)cc1C1=C(c2cc(-c3ccc4ccc5cc(C(C)(C)C)cc6ccc3c4c56)sc2C)CCC1. The number of aldehydes is 2. The second kappa shape index (κ2) is 11.1. The van der Waals surface area contributed by atoms with Gasteiger partial charge >= 0.3 is 0 Å². The van der Waals surface area contributed by atoms with Gasteiger partial charge in [0.25, 0.3) is 0 Å². The van der Waals surface area contributed by atoms with Crippen molar-refractivity contribution in [3.8, 4) is 20.9 Å². The number of carbonyl (C=O) groups is 2. The van der Waals surface area contributed by atoms with Crippen molar-refractivity contribution in [2.24, 2.45) is 0 Å². The van der Waals surface area contributed by atoms with E-state index in [9.17, 15) is 9.59 Å². The van der Waals surface area contributed by atoms with Crippen molar-refractivity contribution < 1.29 is 9.59 Å². The minimum Gasteiger partial charge on any atom is -0.296 e. The maximum Gasteiger partial charge on any atom is 0.168 e. The van der Waals surface area contributed by atoms with Gasteiger partial charge in [-0.2, -0.15) is 0 Å². The first-order chi connectivity index (χ1) is 22.6. The summed E-state index contributed by atoms with van der Waals surface area (Å²) >= 11 is 3.61. The lowest BCUT2D eigenvalue weighted by Crippen LogP contribution is -2.10. The highest BCUT2D eigenvalue weighted by Gasteiger charge is 2.25. The maximum absolute atomic E-state index is 11.5. The lowest BCUT2D eigenvalue weighted by Gasteiger charge is -2.21. The van der Waals surface area contributed by atoms with Gasteiger partial charge in [0.1, 0.15) is 11.4 Å². The Balaban J connectivity index is 1.23. The number of rotatable bonds is 6. The second-order valence-electron chi connectivity index (χ2n) is 13.9. The van der Waals surface area contributed by atoms with E-state index in [0.29, 0.717) is 12.6 Å². The summed E-state index contributed by atoms with van der Waals surface area (Å²) in [5.74, 6) is 0. The van der Waals surface area contributed by atoms with E-state index in [0.717, 1.165) is 29.7 Å². The fourth-order valence-electron chi connectivity index (χ4n) is 7.48. The zero-order chi connectivity index (χ0) is 32.6. The number of pyridine rings is 1. The molecule has 3 heterocycles. The molecule has 0 amide bonds. The number of aryl methyl sites for hydroxylation is 2. The molecule has 1 aliphatic carbocycles. The van der Waals surface area contributed by atoms with Gasteiger partial charge in [0.05, 0.1) is 0 Å². The molecule has 0 fully saturated rings. The highest BCUT2D eigenvalue weighted by Crippen LogP contribution is 2.49. The predicted octanol–water partition coefficient (Wildman–Crippen LogP) is 12.1. The van der Waals surface area contributed by atoms with E-state index in [2.05, 4.69) is 100 Å². The van der Waals surface area contributed by atoms with Crippen molar-refractivity contribution in [1.82, 2.24) is 4.98 Å². The number of carbonyl (C=O) groups excluding carboxylic acids is 2. The normalized spacial score (nSPS) is 13.9. The molecule has 4 aromatic carbocycles. The summed E-state index contributed by atoms with van der Waals surface area (Å²) in [4.78, 5) is 32.1. The summed E-state index contributed by atoms with van der Waals surface area (Å²) in [5.41, 5.74) is 9.69. The molecule has 0 saturated carbocycles. The third-order valence-corrected chi connectivity index (χ3v) is 12.0. The lowest BCUT2D eigenvalue weighted by atomic mass is 9.83. The maximum atomic E-state index is 11.5. The summed E-state index contributed by atoms with van der Waals surface area (Å²) < 4.78 is 0. The second-order valence-corrected chi connectivity index (χ2v) is 16.4. The van der Waals surface area contributed by atoms with Crippen LogP contribution in [-0.4, -0.2) is 17.6 Å². The highest BCUT2D eigenvalue weighted by atomic mass is 32.1. The first-order valence-corrected chi connectivity index (χ1v) is 17.8. The number of thiophene rings is 2. The largest absolute Gasteiger partial charge is 0.296 e. The monoisotopic (exact) mass is 649 g/mol. The van der Waals surface area contributed by atoms with Crippen molar-refractivity contribution in [3.05, 3.63) is 111 Å². The van der Waals surface area contributed by atoms with Gasteiger partial charge in [-0.05, 0) is 134 Å². The van der Waals surface area contributed by atoms with Crippen LogP contribution in [0.3, 0.4) is 0 Å². The van der Waals surface area contributed by atoms with Gasteiger partial charge in [-0.25, -0.2) is 4.98 Å². The molecule has 47 heavy (non-hydrogen) atoms. The summed E-state index contributed by atoms with van der Waals surface area (Å²) in [6.45, 7) is 11.3. The number of benzene rings is 4. The average Bonchev–Trinajstić information content (AvgIpc) is 3.80. The van der Waals surface area contributed by atoms with Crippen LogP contribution in [0.4, 0.5) is 0 Å². The van der Waals surface area contributed by atoms with Gasteiger partial charge in [-0.15, -0.1) is 22.7 Å². The molecular formula is C42H35NO2S2. The quantitative estimate of drug-likeness (QED) is 0.133. The highest BCUT2D eigenvalue weighted by molar-refractivity contribution is 7.16. The summed E-state index contributed by atoms with van der Waals surface area (Å²) in [6.07, 6.45) is 4.65. The van der Waals surface area contributed by atoms with E-state index in [1.807, 2.05) is 11.3 Å². The van der Waals surface area contributed by atoms with Crippen LogP contribution in [0.25, 0.3) is 64.3 Å². The molecule has 0 radical (unpaired) electrons. The smallest absolute Gasteiger partial charge is 0.168 e. The van der Waals surface area contributed by atoms with E-state index in [1.54, 1.807) is 23.5 Å². The predicted molar refractivity (Wildman–Crippen MR) is 201 cm³/mol. The van der Waals surface area contributed by atoms with Gasteiger partial charge in [0.2, 0.25) is 0 Å². The fourth-order valence-corrected chi connectivity index (χ4v) is 9.60. The van der Waals surface area contributed by atoms with Gasteiger partial charge in [-0.1, -0.05) is 69.3 Å². The molecule has 5 heteroatoms. The van der Waals surface area contributed by atoms with Crippen molar-refractivity contribution in [2.75, 3.05) is 0 Å². The summed E-state index contributed by atoms with van der Waals surface area (Å²) in [6, 6.07) is 26.8. The topological polar surface area (TPSA) is 47.0 Å². The zero-order valence-corrected chi connectivity index (χ0v) is 28.9.